The second-order valence-corrected chi connectivity index (χ2v) is 5.17. The highest BCUT2D eigenvalue weighted by atomic mass is 16.1. The fraction of sp³-hybridized carbons (Fsp3) is 0.786. The van der Waals surface area contributed by atoms with Gasteiger partial charge in [-0.2, -0.15) is 0 Å². The Morgan fingerprint density at radius 3 is 2.73 bits per heavy atom. The zero-order chi connectivity index (χ0) is 11.5. The Balaban J connectivity index is 2.78. The van der Waals surface area contributed by atoms with E-state index in [1.165, 1.54) is 25.7 Å². The van der Waals surface area contributed by atoms with E-state index in [0.717, 1.165) is 6.42 Å². The second kappa shape index (κ2) is 4.96. The highest BCUT2D eigenvalue weighted by Gasteiger charge is 2.43. The summed E-state index contributed by atoms with van der Waals surface area (Å²) in [5, 5.41) is 0. The summed E-state index contributed by atoms with van der Waals surface area (Å²) in [5.41, 5.74) is -0.257. The molecule has 0 bridgehead atoms. The molecule has 0 spiro atoms. The molecular weight excluding hydrogens is 184 g/mol. The van der Waals surface area contributed by atoms with E-state index in [2.05, 4.69) is 27.4 Å². The summed E-state index contributed by atoms with van der Waals surface area (Å²) in [6, 6.07) is 0. The van der Waals surface area contributed by atoms with Gasteiger partial charge in [0.2, 0.25) is 0 Å². The van der Waals surface area contributed by atoms with Gasteiger partial charge >= 0.3 is 0 Å². The van der Waals surface area contributed by atoms with Crippen LogP contribution < -0.4 is 0 Å². The molecule has 1 aliphatic rings. The van der Waals surface area contributed by atoms with Crippen LogP contribution in [0.1, 0.15) is 52.9 Å². The lowest BCUT2D eigenvalue weighted by Gasteiger charge is -2.40. The molecule has 1 rings (SSSR count). The third-order valence-corrected chi connectivity index (χ3v) is 4.10. The van der Waals surface area contributed by atoms with Crippen molar-refractivity contribution in [2.75, 3.05) is 0 Å². The first kappa shape index (κ1) is 12.5. The van der Waals surface area contributed by atoms with Crippen LogP contribution >= 0.6 is 0 Å². The van der Waals surface area contributed by atoms with Gasteiger partial charge in [0.05, 0.1) is 0 Å². The maximum Gasteiger partial charge on any atom is 0.145 e. The second-order valence-electron chi connectivity index (χ2n) is 5.17. The highest BCUT2D eigenvalue weighted by Crippen LogP contribution is 2.44. The molecule has 1 nitrogen and oxygen atoms in total. The Labute approximate surface area is 93.9 Å². The number of carbonyl (C=O) groups excluding carboxylic acids is 1. The van der Waals surface area contributed by atoms with Crippen LogP contribution in [0.2, 0.25) is 0 Å². The molecule has 3 atom stereocenters. The minimum atomic E-state index is -0.257. The van der Waals surface area contributed by atoms with Gasteiger partial charge < -0.3 is 0 Å². The van der Waals surface area contributed by atoms with Crippen molar-refractivity contribution in [2.45, 2.75) is 52.9 Å². The zero-order valence-corrected chi connectivity index (χ0v) is 10.4. The van der Waals surface area contributed by atoms with Crippen molar-refractivity contribution in [3.05, 3.63) is 12.7 Å². The van der Waals surface area contributed by atoms with Crippen molar-refractivity contribution in [3.63, 3.8) is 0 Å². The number of unbranched alkanes of at least 4 members (excludes halogenated alkanes) is 1. The molecule has 0 N–H and O–H groups in total. The molecule has 0 radical (unpaired) electrons. The van der Waals surface area contributed by atoms with Gasteiger partial charge in [-0.05, 0) is 32.1 Å². The number of rotatable bonds is 4. The average molecular weight is 208 g/mol. The highest BCUT2D eigenvalue weighted by molar-refractivity contribution is 5.89. The van der Waals surface area contributed by atoms with E-state index in [9.17, 15) is 4.79 Å². The number of allylic oxidation sites excluding steroid dienone is 1. The summed E-state index contributed by atoms with van der Waals surface area (Å²) in [7, 11) is 0. The monoisotopic (exact) mass is 208 g/mol. The van der Waals surface area contributed by atoms with Gasteiger partial charge in [-0.1, -0.05) is 32.8 Å². The van der Waals surface area contributed by atoms with E-state index in [0.29, 0.717) is 11.7 Å². The first-order valence-corrected chi connectivity index (χ1v) is 6.24. The summed E-state index contributed by atoms with van der Waals surface area (Å²) >= 11 is 0. The van der Waals surface area contributed by atoms with Gasteiger partial charge in [-0.25, -0.2) is 0 Å². The molecule has 1 aliphatic carbocycles. The molecule has 0 aromatic rings. The third-order valence-electron chi connectivity index (χ3n) is 4.10. The quantitative estimate of drug-likeness (QED) is 0.639. The number of ketones is 1. The molecule has 0 saturated heterocycles. The maximum absolute atomic E-state index is 12.2. The molecule has 0 aliphatic heterocycles. The molecule has 1 saturated carbocycles. The molecule has 15 heavy (non-hydrogen) atoms. The Morgan fingerprint density at radius 1 is 1.53 bits per heavy atom. The predicted octanol–water partition coefficient (Wildman–Crippen LogP) is 3.98. The lowest BCUT2D eigenvalue weighted by atomic mass is 9.62. The van der Waals surface area contributed by atoms with Crippen LogP contribution in [0.15, 0.2) is 12.7 Å². The number of Topliss-reactive ketones (excluding diaryl/α,β-unsaturated/α-hetero) is 1. The minimum Gasteiger partial charge on any atom is -0.298 e. The number of carbonyl (C=O) groups is 1. The van der Waals surface area contributed by atoms with Gasteiger partial charge in [0, 0.05) is 11.3 Å². The van der Waals surface area contributed by atoms with E-state index in [4.69, 9.17) is 0 Å². The van der Waals surface area contributed by atoms with Crippen LogP contribution in [0, 0.1) is 17.3 Å². The summed E-state index contributed by atoms with van der Waals surface area (Å²) in [4.78, 5) is 12.2. The van der Waals surface area contributed by atoms with Gasteiger partial charge in [-0.3, -0.25) is 4.79 Å². The summed E-state index contributed by atoms with van der Waals surface area (Å²) in [6.07, 6.45) is 7.78. The lowest BCUT2D eigenvalue weighted by molar-refractivity contribution is -0.135. The lowest BCUT2D eigenvalue weighted by Crippen LogP contribution is -2.41. The van der Waals surface area contributed by atoms with Gasteiger partial charge in [0.1, 0.15) is 5.78 Å². The van der Waals surface area contributed by atoms with Crippen molar-refractivity contribution in [1.82, 2.24) is 0 Å². The number of hydrogen-bond acceptors (Lipinski definition) is 1. The van der Waals surface area contributed by atoms with Crippen LogP contribution in [0.25, 0.3) is 0 Å². The molecule has 1 fully saturated rings. The predicted molar refractivity (Wildman–Crippen MR) is 64.7 cm³/mol. The fourth-order valence-electron chi connectivity index (χ4n) is 2.78. The average Bonchev–Trinajstić information content (AvgIpc) is 2.25. The molecule has 1 heteroatoms. The minimum absolute atomic E-state index is 0.228. The Hall–Kier alpha value is -0.590. The van der Waals surface area contributed by atoms with Crippen LogP contribution in [0.5, 0.6) is 0 Å². The van der Waals surface area contributed by atoms with Gasteiger partial charge in [0.15, 0.2) is 0 Å². The van der Waals surface area contributed by atoms with Crippen LogP contribution in [0.3, 0.4) is 0 Å². The van der Waals surface area contributed by atoms with E-state index < -0.39 is 0 Å². The van der Waals surface area contributed by atoms with Crippen molar-refractivity contribution < 1.29 is 4.79 Å². The molecular formula is C14H24O. The summed E-state index contributed by atoms with van der Waals surface area (Å²) in [6.45, 7) is 10.2. The Morgan fingerprint density at radius 2 is 2.20 bits per heavy atom. The normalized spacial score (nSPS) is 36.6. The first-order chi connectivity index (χ1) is 7.06. The van der Waals surface area contributed by atoms with Gasteiger partial charge in [0.25, 0.3) is 0 Å². The van der Waals surface area contributed by atoms with Gasteiger partial charge in [-0.15, -0.1) is 6.58 Å². The van der Waals surface area contributed by atoms with E-state index in [1.54, 1.807) is 0 Å². The van der Waals surface area contributed by atoms with Crippen LogP contribution in [-0.4, -0.2) is 5.78 Å². The Kier molecular flexibility index (Phi) is 4.12. The molecule has 0 aromatic carbocycles. The smallest absolute Gasteiger partial charge is 0.145 e. The molecule has 0 heterocycles. The maximum atomic E-state index is 12.2. The molecule has 86 valence electrons. The van der Waals surface area contributed by atoms with Crippen LogP contribution in [-0.2, 0) is 4.79 Å². The van der Waals surface area contributed by atoms with E-state index in [1.807, 2.05) is 6.08 Å². The molecule has 0 amide bonds. The third kappa shape index (κ3) is 2.32. The summed E-state index contributed by atoms with van der Waals surface area (Å²) < 4.78 is 0. The van der Waals surface area contributed by atoms with Crippen molar-refractivity contribution in [3.8, 4) is 0 Å². The van der Waals surface area contributed by atoms with Crippen LogP contribution in [0.4, 0.5) is 0 Å². The molecule has 0 unspecified atom stereocenters. The van der Waals surface area contributed by atoms with E-state index in [-0.39, 0.29) is 11.3 Å². The SMILES string of the molecule is C=C[C@@]1(C)C(=O)[C@@H](C)CC[C@@H]1CCCC. The standard InChI is InChI=1S/C14H24O/c1-5-7-8-12-10-9-11(3)13(15)14(12,4)6-2/h6,11-12H,2,5,7-10H2,1,3-4H3/t11-,12-,14+/m0/s1. The Bertz CT molecular complexity index is 242. The first-order valence-electron chi connectivity index (χ1n) is 6.24. The topological polar surface area (TPSA) is 17.1 Å². The van der Waals surface area contributed by atoms with Crippen molar-refractivity contribution in [2.24, 2.45) is 17.3 Å². The van der Waals surface area contributed by atoms with Crippen molar-refractivity contribution in [1.29, 1.82) is 0 Å². The fourth-order valence-corrected chi connectivity index (χ4v) is 2.78. The van der Waals surface area contributed by atoms with E-state index >= 15 is 0 Å². The number of hydrogen-bond donors (Lipinski definition) is 0. The zero-order valence-electron chi connectivity index (χ0n) is 10.4. The summed E-state index contributed by atoms with van der Waals surface area (Å²) in [5.74, 6) is 1.16. The largest absolute Gasteiger partial charge is 0.298 e. The van der Waals surface area contributed by atoms with Crippen molar-refractivity contribution >= 4 is 5.78 Å². The molecule has 0 aromatic heterocycles.